The Bertz CT molecular complexity index is 676. The Morgan fingerprint density at radius 1 is 0.794 bits per heavy atom. The summed E-state index contributed by atoms with van der Waals surface area (Å²) in [5.74, 6) is -0.0942. The summed E-state index contributed by atoms with van der Waals surface area (Å²) in [4.78, 5) is 12.4. The number of anilines is 1. The Hall–Kier alpha value is -0.640. The molecule has 1 atom stereocenters. The first-order valence-electron chi connectivity index (χ1n) is 13.4. The van der Waals surface area contributed by atoms with Gasteiger partial charge in [-0.05, 0) is 31.9 Å². The maximum atomic E-state index is 12.4. The van der Waals surface area contributed by atoms with Gasteiger partial charge in [-0.15, -0.1) is 0 Å². The van der Waals surface area contributed by atoms with Crippen LogP contribution in [0.4, 0.5) is 5.69 Å². The molecular formula is C28H47Cl3N2O. The molecule has 0 heterocycles. The van der Waals surface area contributed by atoms with Crippen LogP contribution < -0.4 is 10.6 Å². The highest BCUT2D eigenvalue weighted by molar-refractivity contribution is 6.68. The van der Waals surface area contributed by atoms with Crippen molar-refractivity contribution >= 4 is 46.4 Å². The lowest BCUT2D eigenvalue weighted by Gasteiger charge is -2.28. The van der Waals surface area contributed by atoms with Gasteiger partial charge in [-0.25, -0.2) is 0 Å². The van der Waals surface area contributed by atoms with Crippen LogP contribution in [0.25, 0.3) is 0 Å². The average Bonchev–Trinajstić information content (AvgIpc) is 2.77. The smallest absolute Gasteiger partial charge is 0.228 e. The van der Waals surface area contributed by atoms with E-state index in [0.29, 0.717) is 6.42 Å². The molecule has 2 N–H and O–H groups in total. The fraction of sp³-hybridized carbons (Fsp3) is 0.750. The summed E-state index contributed by atoms with van der Waals surface area (Å²) < 4.78 is -1.65. The number of hydrogen-bond acceptors (Lipinski definition) is 2. The lowest BCUT2D eigenvalue weighted by molar-refractivity contribution is -0.121. The zero-order valence-electron chi connectivity index (χ0n) is 21.7. The molecule has 6 heteroatoms. The van der Waals surface area contributed by atoms with Crippen molar-refractivity contribution in [3.8, 4) is 0 Å². The van der Waals surface area contributed by atoms with Crippen molar-refractivity contribution in [3.05, 3.63) is 29.3 Å². The lowest BCUT2D eigenvalue weighted by atomic mass is 10.0. The SMILES string of the molecule is CCCCCCCCCCCCCCCCCC(=O)NC(Nc1ccc(C)cc1C)C(Cl)(Cl)Cl. The Morgan fingerprint density at radius 2 is 1.26 bits per heavy atom. The normalized spacial score (nSPS) is 12.5. The number of aryl methyl sites for hydroxylation is 2. The van der Waals surface area contributed by atoms with Crippen molar-refractivity contribution in [2.75, 3.05) is 5.32 Å². The van der Waals surface area contributed by atoms with Crippen molar-refractivity contribution < 1.29 is 4.79 Å². The number of benzene rings is 1. The summed E-state index contributed by atoms with van der Waals surface area (Å²) in [5.41, 5.74) is 3.04. The van der Waals surface area contributed by atoms with Gasteiger partial charge in [0, 0.05) is 12.1 Å². The molecule has 1 amide bonds. The van der Waals surface area contributed by atoms with E-state index < -0.39 is 9.96 Å². The molecule has 0 saturated carbocycles. The molecule has 0 aliphatic heterocycles. The van der Waals surface area contributed by atoms with E-state index in [-0.39, 0.29) is 5.91 Å². The molecule has 0 spiro atoms. The molecule has 1 rings (SSSR count). The van der Waals surface area contributed by atoms with Crippen LogP contribution in [0, 0.1) is 13.8 Å². The highest BCUT2D eigenvalue weighted by Gasteiger charge is 2.34. The van der Waals surface area contributed by atoms with Crippen LogP contribution in [-0.2, 0) is 4.79 Å². The first kappa shape index (κ1) is 31.4. The first-order valence-corrected chi connectivity index (χ1v) is 14.6. The molecule has 0 aliphatic carbocycles. The molecule has 196 valence electrons. The minimum atomic E-state index is -1.65. The van der Waals surface area contributed by atoms with E-state index in [1.54, 1.807) is 0 Å². The molecule has 1 aromatic carbocycles. The molecule has 1 unspecified atom stereocenters. The fourth-order valence-electron chi connectivity index (χ4n) is 4.22. The zero-order valence-corrected chi connectivity index (χ0v) is 23.9. The Morgan fingerprint density at radius 3 is 1.71 bits per heavy atom. The summed E-state index contributed by atoms with van der Waals surface area (Å²) in [7, 11) is 0. The van der Waals surface area contributed by atoms with Gasteiger partial charge in [-0.1, -0.05) is 149 Å². The number of halogens is 3. The van der Waals surface area contributed by atoms with Gasteiger partial charge in [0.25, 0.3) is 0 Å². The van der Waals surface area contributed by atoms with Gasteiger partial charge in [0.15, 0.2) is 0 Å². The van der Waals surface area contributed by atoms with Crippen molar-refractivity contribution in [2.24, 2.45) is 0 Å². The van der Waals surface area contributed by atoms with E-state index in [2.05, 4.69) is 23.6 Å². The molecule has 0 aliphatic rings. The molecular weight excluding hydrogens is 487 g/mol. The van der Waals surface area contributed by atoms with Gasteiger partial charge < -0.3 is 10.6 Å². The highest BCUT2D eigenvalue weighted by atomic mass is 35.6. The maximum absolute atomic E-state index is 12.4. The van der Waals surface area contributed by atoms with E-state index in [4.69, 9.17) is 34.8 Å². The van der Waals surface area contributed by atoms with E-state index in [1.807, 2.05) is 26.0 Å². The lowest BCUT2D eigenvalue weighted by Crippen LogP contribution is -2.49. The Balaban J connectivity index is 2.11. The molecule has 0 aromatic heterocycles. The van der Waals surface area contributed by atoms with Gasteiger partial charge in [0.1, 0.15) is 6.17 Å². The summed E-state index contributed by atoms with van der Waals surface area (Å²) in [6.45, 7) is 6.29. The number of nitrogens with one attached hydrogen (secondary N) is 2. The summed E-state index contributed by atoms with van der Waals surface area (Å²) in [6, 6.07) is 5.98. The minimum Gasteiger partial charge on any atom is -0.362 e. The Labute approximate surface area is 224 Å². The monoisotopic (exact) mass is 532 g/mol. The fourth-order valence-corrected chi connectivity index (χ4v) is 4.55. The van der Waals surface area contributed by atoms with Gasteiger partial charge in [-0.2, -0.15) is 0 Å². The predicted molar refractivity (Wildman–Crippen MR) is 151 cm³/mol. The van der Waals surface area contributed by atoms with Crippen LogP contribution >= 0.6 is 34.8 Å². The number of hydrogen-bond donors (Lipinski definition) is 2. The Kier molecular flexibility index (Phi) is 17.2. The number of unbranched alkanes of at least 4 members (excludes halogenated alkanes) is 14. The number of carbonyl (C=O) groups excluding carboxylic acids is 1. The molecule has 3 nitrogen and oxygen atoms in total. The van der Waals surface area contributed by atoms with Crippen LogP contribution in [0.15, 0.2) is 18.2 Å². The van der Waals surface area contributed by atoms with Crippen molar-refractivity contribution in [2.45, 2.75) is 133 Å². The third-order valence-electron chi connectivity index (χ3n) is 6.32. The van der Waals surface area contributed by atoms with Crippen LogP contribution in [0.3, 0.4) is 0 Å². The minimum absolute atomic E-state index is 0.0942. The molecule has 0 saturated heterocycles. The topological polar surface area (TPSA) is 41.1 Å². The number of alkyl halides is 3. The van der Waals surface area contributed by atoms with Gasteiger partial charge in [-0.3, -0.25) is 4.79 Å². The van der Waals surface area contributed by atoms with Gasteiger partial charge >= 0.3 is 0 Å². The molecule has 0 fully saturated rings. The van der Waals surface area contributed by atoms with Gasteiger partial charge in [0.2, 0.25) is 9.70 Å². The summed E-state index contributed by atoms with van der Waals surface area (Å²) in [5, 5.41) is 6.02. The second-order valence-corrected chi connectivity index (χ2v) is 12.1. The second kappa shape index (κ2) is 18.6. The maximum Gasteiger partial charge on any atom is 0.228 e. The van der Waals surface area contributed by atoms with E-state index in [0.717, 1.165) is 29.7 Å². The van der Waals surface area contributed by atoms with Crippen molar-refractivity contribution in [1.29, 1.82) is 0 Å². The van der Waals surface area contributed by atoms with E-state index >= 15 is 0 Å². The zero-order chi connectivity index (χ0) is 25.2. The second-order valence-electron chi connectivity index (χ2n) is 9.70. The third kappa shape index (κ3) is 15.4. The van der Waals surface area contributed by atoms with E-state index in [1.165, 1.54) is 83.5 Å². The standard InChI is InChI=1S/C28H47Cl3N2O/c1-4-5-6-7-8-9-10-11-12-13-14-15-16-17-18-19-26(34)33-27(28(29,30)31)32-25-21-20-23(2)22-24(25)3/h20-22,27,32H,4-19H2,1-3H3,(H,33,34). The quantitative estimate of drug-likeness (QED) is 0.105. The van der Waals surface area contributed by atoms with Crippen molar-refractivity contribution in [1.82, 2.24) is 5.32 Å². The molecule has 0 radical (unpaired) electrons. The highest BCUT2D eigenvalue weighted by Crippen LogP contribution is 2.32. The van der Waals surface area contributed by atoms with Crippen LogP contribution in [-0.4, -0.2) is 15.9 Å². The summed E-state index contributed by atoms with van der Waals surface area (Å²) in [6.07, 6.45) is 19.2. The van der Waals surface area contributed by atoms with Crippen LogP contribution in [0.2, 0.25) is 0 Å². The van der Waals surface area contributed by atoms with Crippen LogP contribution in [0.1, 0.15) is 121 Å². The van der Waals surface area contributed by atoms with E-state index in [9.17, 15) is 4.79 Å². The third-order valence-corrected chi connectivity index (χ3v) is 6.98. The number of amides is 1. The molecule has 1 aromatic rings. The number of rotatable bonds is 19. The first-order chi connectivity index (χ1) is 16.2. The summed E-state index contributed by atoms with van der Waals surface area (Å²) >= 11 is 18.4. The largest absolute Gasteiger partial charge is 0.362 e. The molecule has 34 heavy (non-hydrogen) atoms. The van der Waals surface area contributed by atoms with Crippen LogP contribution in [0.5, 0.6) is 0 Å². The molecule has 0 bridgehead atoms. The number of carbonyl (C=O) groups is 1. The predicted octanol–water partition coefficient (Wildman–Crippen LogP) is 9.79. The average molecular weight is 534 g/mol. The van der Waals surface area contributed by atoms with Gasteiger partial charge in [0.05, 0.1) is 0 Å². The van der Waals surface area contributed by atoms with Crippen molar-refractivity contribution in [3.63, 3.8) is 0 Å².